The van der Waals surface area contributed by atoms with Crippen LogP contribution < -0.4 is 15.8 Å². The number of hydrogen-bond acceptors (Lipinski definition) is 5. The number of aromatic nitrogens is 1. The molecule has 0 fully saturated rings. The lowest BCUT2D eigenvalue weighted by molar-refractivity contribution is 0.102. The van der Waals surface area contributed by atoms with E-state index in [4.69, 9.17) is 22.1 Å². The van der Waals surface area contributed by atoms with E-state index in [1.54, 1.807) is 23.6 Å². The molecule has 0 unspecified atom stereocenters. The second kappa shape index (κ2) is 9.72. The molecule has 0 aliphatic heterocycles. The van der Waals surface area contributed by atoms with Crippen molar-refractivity contribution in [3.63, 3.8) is 0 Å². The molecule has 0 aliphatic rings. The molecule has 1 amide bonds. The van der Waals surface area contributed by atoms with Crippen LogP contribution in [0.4, 0.5) is 5.69 Å². The third-order valence-electron chi connectivity index (χ3n) is 2.79. The van der Waals surface area contributed by atoms with Crippen molar-refractivity contribution in [2.75, 3.05) is 18.5 Å². The van der Waals surface area contributed by atoms with E-state index >= 15 is 0 Å². The number of halogens is 2. The highest BCUT2D eigenvalue weighted by molar-refractivity contribution is 7.09. The average Bonchev–Trinajstić information content (AvgIpc) is 2.96. The Labute approximate surface area is 150 Å². The van der Waals surface area contributed by atoms with E-state index in [0.717, 1.165) is 11.4 Å². The number of nitrogens with zero attached hydrogens (tertiary/aromatic N) is 1. The normalized spacial score (nSPS) is 10.0. The first-order valence-corrected chi connectivity index (χ1v) is 8.28. The van der Waals surface area contributed by atoms with Gasteiger partial charge in [0.25, 0.3) is 5.91 Å². The molecule has 0 saturated heterocycles. The van der Waals surface area contributed by atoms with Crippen molar-refractivity contribution in [3.8, 4) is 5.75 Å². The molecule has 0 spiro atoms. The highest BCUT2D eigenvalue weighted by atomic mass is 35.5. The fraction of sp³-hybridized carbons (Fsp3) is 0.333. The van der Waals surface area contributed by atoms with Gasteiger partial charge in [0.2, 0.25) is 0 Å². The number of nitrogens with two attached hydrogens (primary N) is 1. The van der Waals surface area contributed by atoms with E-state index in [1.807, 2.05) is 6.92 Å². The third kappa shape index (κ3) is 5.66. The van der Waals surface area contributed by atoms with Gasteiger partial charge >= 0.3 is 0 Å². The highest BCUT2D eigenvalue weighted by Crippen LogP contribution is 2.28. The van der Waals surface area contributed by atoms with Gasteiger partial charge in [-0.1, -0.05) is 18.5 Å². The van der Waals surface area contributed by atoms with Crippen LogP contribution in [0.15, 0.2) is 23.6 Å². The number of thiazole rings is 1. The van der Waals surface area contributed by atoms with Gasteiger partial charge in [-0.3, -0.25) is 4.79 Å². The summed E-state index contributed by atoms with van der Waals surface area (Å²) in [6.45, 7) is 3.10. The molecular formula is C15H19Cl2N3O2S. The summed E-state index contributed by atoms with van der Waals surface area (Å²) >= 11 is 7.42. The molecule has 3 N–H and O–H groups in total. The van der Waals surface area contributed by atoms with Gasteiger partial charge in [0.1, 0.15) is 11.4 Å². The number of ether oxygens (including phenoxy) is 1. The summed E-state index contributed by atoms with van der Waals surface area (Å²) in [6.07, 6.45) is 1.55. The first-order chi connectivity index (χ1) is 10.6. The molecule has 0 aliphatic carbocycles. The van der Waals surface area contributed by atoms with Gasteiger partial charge in [0.15, 0.2) is 0 Å². The number of amides is 1. The van der Waals surface area contributed by atoms with E-state index in [2.05, 4.69) is 10.3 Å². The number of hydrogen-bond donors (Lipinski definition) is 2. The molecule has 1 aromatic heterocycles. The van der Waals surface area contributed by atoms with E-state index in [-0.39, 0.29) is 18.3 Å². The van der Waals surface area contributed by atoms with Gasteiger partial charge in [0.05, 0.1) is 17.3 Å². The monoisotopic (exact) mass is 375 g/mol. The van der Waals surface area contributed by atoms with Crippen LogP contribution in [0.3, 0.4) is 0 Å². The zero-order valence-electron chi connectivity index (χ0n) is 12.7. The molecule has 0 atom stereocenters. The van der Waals surface area contributed by atoms with Crippen molar-refractivity contribution in [1.29, 1.82) is 0 Å². The Kier molecular flexibility index (Phi) is 8.33. The summed E-state index contributed by atoms with van der Waals surface area (Å²) < 4.78 is 5.61. The largest absolute Gasteiger partial charge is 0.491 e. The summed E-state index contributed by atoms with van der Waals surface area (Å²) in [5, 5.41) is 5.89. The highest BCUT2D eigenvalue weighted by Gasteiger charge is 2.14. The standard InChI is InChI=1S/C15H18ClN3O2S.ClH/c1-2-7-21-13-4-3-10(16)8-11(13)19-15(20)12-9-22-14(18-12)5-6-17;/h3-4,8-9H,2,5-7,17H2,1H3,(H,19,20);1H. The van der Waals surface area contributed by atoms with Crippen LogP contribution in [0.2, 0.25) is 5.02 Å². The fourth-order valence-corrected chi connectivity index (χ4v) is 2.74. The molecule has 2 aromatic rings. The smallest absolute Gasteiger partial charge is 0.275 e. The number of anilines is 1. The first kappa shape index (κ1) is 19.7. The first-order valence-electron chi connectivity index (χ1n) is 7.02. The lowest BCUT2D eigenvalue weighted by Gasteiger charge is -2.11. The van der Waals surface area contributed by atoms with Crippen LogP contribution in [0.5, 0.6) is 5.75 Å². The quantitative estimate of drug-likeness (QED) is 0.771. The summed E-state index contributed by atoms with van der Waals surface area (Å²) in [5.41, 5.74) is 6.40. The Morgan fingerprint density at radius 3 is 2.96 bits per heavy atom. The van der Waals surface area contributed by atoms with E-state index in [9.17, 15) is 4.79 Å². The Balaban J connectivity index is 0.00000264. The summed E-state index contributed by atoms with van der Waals surface area (Å²) in [7, 11) is 0. The Morgan fingerprint density at radius 1 is 1.48 bits per heavy atom. The molecule has 1 heterocycles. The van der Waals surface area contributed by atoms with Gasteiger partial charge in [-0.2, -0.15) is 0 Å². The van der Waals surface area contributed by atoms with Gasteiger partial charge < -0.3 is 15.8 Å². The maximum Gasteiger partial charge on any atom is 0.275 e. The van der Waals surface area contributed by atoms with E-state index in [1.165, 1.54) is 11.3 Å². The summed E-state index contributed by atoms with van der Waals surface area (Å²) in [6, 6.07) is 5.14. The Hall–Kier alpha value is -1.34. The molecule has 2 rings (SSSR count). The van der Waals surface area contributed by atoms with Crippen molar-refractivity contribution in [1.82, 2.24) is 4.98 Å². The zero-order valence-corrected chi connectivity index (χ0v) is 15.1. The molecule has 5 nitrogen and oxygen atoms in total. The van der Waals surface area contributed by atoms with Crippen LogP contribution in [0.25, 0.3) is 0 Å². The van der Waals surface area contributed by atoms with Crippen LogP contribution in [-0.4, -0.2) is 24.0 Å². The lowest BCUT2D eigenvalue weighted by Crippen LogP contribution is -2.14. The average molecular weight is 376 g/mol. The fourth-order valence-electron chi connectivity index (χ4n) is 1.78. The van der Waals surface area contributed by atoms with Crippen molar-refractivity contribution in [2.24, 2.45) is 5.73 Å². The maximum absolute atomic E-state index is 12.3. The molecule has 0 saturated carbocycles. The minimum atomic E-state index is -0.289. The molecule has 126 valence electrons. The van der Waals surface area contributed by atoms with E-state index in [0.29, 0.717) is 41.7 Å². The van der Waals surface area contributed by atoms with Gasteiger partial charge in [-0.05, 0) is 31.2 Å². The number of carbonyl (C=O) groups excluding carboxylic acids is 1. The van der Waals surface area contributed by atoms with Gasteiger partial charge in [0, 0.05) is 16.8 Å². The Morgan fingerprint density at radius 2 is 2.26 bits per heavy atom. The lowest BCUT2D eigenvalue weighted by atomic mass is 10.2. The zero-order chi connectivity index (χ0) is 15.9. The third-order valence-corrected chi connectivity index (χ3v) is 3.94. The van der Waals surface area contributed by atoms with Crippen LogP contribution in [-0.2, 0) is 6.42 Å². The van der Waals surface area contributed by atoms with Crippen LogP contribution in [0, 0.1) is 0 Å². The SMILES string of the molecule is CCCOc1ccc(Cl)cc1NC(=O)c1csc(CCN)n1.Cl. The van der Waals surface area contributed by atoms with Gasteiger partial charge in [-0.25, -0.2) is 4.98 Å². The van der Waals surface area contributed by atoms with Crippen molar-refractivity contribution >= 4 is 46.9 Å². The summed E-state index contributed by atoms with van der Waals surface area (Å²) in [4.78, 5) is 16.5. The second-order valence-corrected chi connectivity index (χ2v) is 5.99. The van der Waals surface area contributed by atoms with Crippen molar-refractivity contribution < 1.29 is 9.53 Å². The topological polar surface area (TPSA) is 77.2 Å². The molecule has 23 heavy (non-hydrogen) atoms. The van der Waals surface area contributed by atoms with Gasteiger partial charge in [-0.15, -0.1) is 23.7 Å². The number of carbonyl (C=O) groups is 1. The maximum atomic E-state index is 12.3. The predicted molar refractivity (Wildman–Crippen MR) is 97.3 cm³/mol. The molecule has 0 bridgehead atoms. The van der Waals surface area contributed by atoms with Crippen molar-refractivity contribution in [3.05, 3.63) is 39.3 Å². The van der Waals surface area contributed by atoms with E-state index < -0.39 is 0 Å². The summed E-state index contributed by atoms with van der Waals surface area (Å²) in [5.74, 6) is 0.306. The van der Waals surface area contributed by atoms with Crippen LogP contribution in [0.1, 0.15) is 28.8 Å². The molecule has 8 heteroatoms. The second-order valence-electron chi connectivity index (χ2n) is 4.61. The number of nitrogens with one attached hydrogen (secondary N) is 1. The van der Waals surface area contributed by atoms with Crippen LogP contribution >= 0.6 is 35.3 Å². The molecule has 0 radical (unpaired) electrons. The predicted octanol–water partition coefficient (Wildman–Crippen LogP) is 3.76. The minimum Gasteiger partial charge on any atom is -0.491 e. The number of benzene rings is 1. The molecule has 1 aromatic carbocycles. The minimum absolute atomic E-state index is 0. The Bertz CT molecular complexity index is 649. The van der Waals surface area contributed by atoms with Crippen molar-refractivity contribution in [2.45, 2.75) is 19.8 Å². The molecular weight excluding hydrogens is 357 g/mol. The number of rotatable bonds is 7.